The Bertz CT molecular complexity index is 2760. The molecule has 0 aliphatic carbocycles. The van der Waals surface area contributed by atoms with Crippen molar-refractivity contribution in [3.63, 3.8) is 0 Å². The fourth-order valence-corrected chi connectivity index (χ4v) is 18.6. The second-order valence-electron chi connectivity index (χ2n) is 39.3. The van der Waals surface area contributed by atoms with Crippen LogP contribution in [0.5, 0.6) is 23.0 Å². The number of hydrogen-bond acceptors (Lipinski definition) is 8. The lowest BCUT2D eigenvalue weighted by atomic mass is 9.67. The minimum absolute atomic E-state index is 0.243. The number of thioether (sulfide) groups is 2. The number of hydrogen-bond donors (Lipinski definition) is 6. The number of unbranched alkanes of at least 4 members (excludes halogenated alkanes) is 18. The molecule has 8 nitrogen and oxygen atoms in total. The molecule has 0 aliphatic rings. The molecule has 101 heavy (non-hydrogen) atoms. The summed E-state index contributed by atoms with van der Waals surface area (Å²) in [5.74, 6) is -0.459. The highest BCUT2D eigenvalue weighted by atomic mass is 32.2. The molecule has 4 aromatic rings. The van der Waals surface area contributed by atoms with Gasteiger partial charge in [-0.1, -0.05) is 344 Å². The molecular weight excluding hydrogens is 1290 g/mol. The summed E-state index contributed by atoms with van der Waals surface area (Å²) in [4.78, 5) is 31.8. The third-order valence-corrected chi connectivity index (χ3v) is 24.2. The van der Waals surface area contributed by atoms with E-state index >= 15 is 9.59 Å². The minimum atomic E-state index is -2.42. The fraction of sp³-hybridized carbons (Fsp3) is 0.714. The summed E-state index contributed by atoms with van der Waals surface area (Å²) < 4.78 is -2.25. The van der Waals surface area contributed by atoms with Gasteiger partial charge < -0.3 is 30.6 Å². The number of phenols is 4. The van der Waals surface area contributed by atoms with E-state index in [0.717, 1.165) is 118 Å². The molecule has 0 saturated carbocycles. The van der Waals surface area contributed by atoms with Crippen LogP contribution in [0.25, 0.3) is 0 Å². The largest absolute Gasteiger partial charge is 0.507 e. The first-order valence-electron chi connectivity index (χ1n) is 39.5. The monoisotopic (exact) mass is 1430 g/mol. The predicted octanol–water partition coefficient (Wildman–Crippen LogP) is 25.9. The second-order valence-corrected chi connectivity index (χ2v) is 42.5. The van der Waals surface area contributed by atoms with Gasteiger partial charge in [-0.3, -0.25) is 9.59 Å². The van der Waals surface area contributed by atoms with Crippen LogP contribution < -0.4 is 0 Å². The Labute approximate surface area is 626 Å². The van der Waals surface area contributed by atoms with E-state index < -0.39 is 70.2 Å². The average Bonchev–Trinajstić information content (AvgIpc) is 0.752. The maximum atomic E-state index is 15.9. The molecule has 4 aromatic carbocycles. The van der Waals surface area contributed by atoms with Crippen LogP contribution in [0.4, 0.5) is 0 Å². The number of rotatable bonds is 38. The van der Waals surface area contributed by atoms with Crippen LogP contribution in [0.2, 0.25) is 0 Å². The molecule has 10 heteroatoms. The van der Waals surface area contributed by atoms with Crippen LogP contribution in [-0.4, -0.2) is 63.6 Å². The fourth-order valence-electron chi connectivity index (χ4n) is 15.2. The van der Waals surface area contributed by atoms with E-state index in [4.69, 9.17) is 0 Å². The van der Waals surface area contributed by atoms with Crippen LogP contribution in [0.1, 0.15) is 388 Å². The Hall–Kier alpha value is -4.28. The lowest BCUT2D eigenvalue weighted by molar-refractivity contribution is -0.167. The van der Waals surface area contributed by atoms with Crippen molar-refractivity contribution >= 4 is 35.5 Å². The zero-order valence-corrected chi connectivity index (χ0v) is 70.9. The number of aliphatic carboxylic acids is 2. The zero-order valence-electron chi connectivity index (χ0n) is 69.2. The lowest BCUT2D eigenvalue weighted by Crippen LogP contribution is -2.52. The molecule has 0 aromatic heterocycles. The number of aromatic hydroxyl groups is 4. The zero-order chi connectivity index (χ0) is 76.8. The summed E-state index contributed by atoms with van der Waals surface area (Å²) in [6, 6.07) is 16.9. The van der Waals surface area contributed by atoms with Crippen molar-refractivity contribution in [1.82, 2.24) is 0 Å². The summed E-state index contributed by atoms with van der Waals surface area (Å²) >= 11 is 3.48. The molecule has 572 valence electrons. The highest BCUT2D eigenvalue weighted by Crippen LogP contribution is 2.55. The van der Waals surface area contributed by atoms with E-state index in [1.54, 1.807) is 23.5 Å². The van der Waals surface area contributed by atoms with Gasteiger partial charge in [-0.05, 0) is 173 Å². The molecule has 0 heterocycles. The molecule has 0 saturated heterocycles. The molecular formula is C91H148O8S2. The normalized spacial score (nSPS) is 13.6. The molecule has 0 bridgehead atoms. The van der Waals surface area contributed by atoms with Crippen molar-refractivity contribution in [2.45, 2.75) is 400 Å². The van der Waals surface area contributed by atoms with Crippen molar-refractivity contribution < 1.29 is 40.2 Å². The summed E-state index contributed by atoms with van der Waals surface area (Å²) in [5, 5.41) is 75.5. The first-order valence-corrected chi connectivity index (χ1v) is 41.5. The Balaban J connectivity index is 2.34. The Morgan fingerprint density at radius 2 is 0.436 bits per heavy atom. The maximum Gasteiger partial charge on any atom is 0.321 e. The van der Waals surface area contributed by atoms with Gasteiger partial charge in [0.15, 0.2) is 5.41 Å². The minimum Gasteiger partial charge on any atom is -0.507 e. The van der Waals surface area contributed by atoms with Gasteiger partial charge in [0.25, 0.3) is 0 Å². The van der Waals surface area contributed by atoms with Crippen LogP contribution >= 0.6 is 23.5 Å². The molecule has 0 aliphatic heterocycles. The van der Waals surface area contributed by atoms with Crippen LogP contribution in [-0.2, 0) is 78.6 Å². The second kappa shape index (κ2) is 36.3. The number of carboxylic acids is 2. The van der Waals surface area contributed by atoms with Gasteiger partial charge in [0.2, 0.25) is 0 Å². The predicted molar refractivity (Wildman–Crippen MR) is 438 cm³/mol. The third kappa shape index (κ3) is 26.0. The lowest BCUT2D eigenvalue weighted by Gasteiger charge is -2.45. The van der Waals surface area contributed by atoms with Gasteiger partial charge >= 0.3 is 11.9 Å². The summed E-state index contributed by atoms with van der Waals surface area (Å²) in [6.45, 7) is 55.2. The quantitative estimate of drug-likeness (QED) is 0.0189. The van der Waals surface area contributed by atoms with Crippen LogP contribution in [0.3, 0.4) is 0 Å². The van der Waals surface area contributed by atoms with Gasteiger partial charge in [0.05, 0.1) is 0 Å². The van der Waals surface area contributed by atoms with E-state index in [0.29, 0.717) is 37.2 Å². The average molecular weight is 1430 g/mol. The van der Waals surface area contributed by atoms with E-state index in [1.807, 2.05) is 0 Å². The van der Waals surface area contributed by atoms with Crippen LogP contribution in [0, 0.1) is 5.41 Å². The topological polar surface area (TPSA) is 156 Å². The summed E-state index contributed by atoms with van der Waals surface area (Å²) in [5.41, 5.74) is 3.51. The third-order valence-electron chi connectivity index (χ3n) is 21.1. The highest BCUT2D eigenvalue weighted by molar-refractivity contribution is 8.00. The van der Waals surface area contributed by atoms with E-state index in [2.05, 4.69) is 229 Å². The van der Waals surface area contributed by atoms with E-state index in [9.17, 15) is 30.6 Å². The molecule has 0 amide bonds. The molecule has 0 fully saturated rings. The van der Waals surface area contributed by atoms with Crippen LogP contribution in [0.15, 0.2) is 48.5 Å². The van der Waals surface area contributed by atoms with E-state index in [1.165, 1.54) is 77.0 Å². The first kappa shape index (κ1) is 89.1. The molecule has 0 unspecified atom stereocenters. The van der Waals surface area contributed by atoms with Gasteiger partial charge in [0, 0.05) is 9.49 Å². The summed E-state index contributed by atoms with van der Waals surface area (Å²) in [6.07, 6.45) is 23.7. The Kier molecular flexibility index (Phi) is 32.1. The molecule has 4 rings (SSSR count). The van der Waals surface area contributed by atoms with Crippen molar-refractivity contribution in [2.75, 3.05) is 11.5 Å². The number of benzene rings is 4. The first-order chi connectivity index (χ1) is 46.3. The SMILES string of the molecule is CCCCCCCCCCCCSC(Cc1cc(C(C)(C)C)c(O)c(C(C)(C)C)c1)(Cc1cc(C(C)(C)C)c(O)c(C(C)(C)C)c1)CC(CC(Cc1cc(C(C)(C)C)c(O)c(C(C)(C)C)c1)(Cc1cc(C(C)(C)C)c(O)c(C(C)(C)C)c1)SCCCCCCCCCCCC)(C(=O)O)C(=O)O. The Morgan fingerprint density at radius 3 is 0.584 bits per heavy atom. The van der Waals surface area contributed by atoms with Gasteiger partial charge in [-0.2, -0.15) is 23.5 Å². The number of carbonyl (C=O) groups is 2. The summed E-state index contributed by atoms with van der Waals surface area (Å²) in [7, 11) is 0. The van der Waals surface area contributed by atoms with Crippen molar-refractivity contribution in [1.29, 1.82) is 0 Å². The number of carboxylic acid groups (broad SMARTS) is 2. The standard InChI is InChI=1S/C91H148O8S2/c1-27-29-31-33-35-37-39-41-43-45-47-100-89(57-63-49-67(81(3,4)5)75(92)68(50-63)82(6,7)8,58-64-51-69(83(9,10)11)76(93)70(52-64)84(12,13)14)61-91(79(96)97,80(98)99)62-90(101-48-46-44-42-40-38-36-34-32-30-28-2,59-65-53-71(85(15,16)17)77(94)72(54-65)86(18,19)20)60-66-55-73(87(21,22)23)78(95)74(56-66)88(24,25)26/h49-56,92-95H,27-48,57-62H2,1-26H3,(H,96,97)(H,98,99). The molecule has 0 atom stereocenters. The number of phenolic OH excluding ortho intramolecular Hbond substituents is 4. The molecule has 0 radical (unpaired) electrons. The molecule has 6 N–H and O–H groups in total. The Morgan fingerprint density at radius 1 is 0.277 bits per heavy atom. The van der Waals surface area contributed by atoms with E-state index in [-0.39, 0.29) is 35.8 Å². The smallest absolute Gasteiger partial charge is 0.321 e. The van der Waals surface area contributed by atoms with Crippen molar-refractivity contribution in [3.8, 4) is 23.0 Å². The maximum absolute atomic E-state index is 15.9. The molecule has 0 spiro atoms. The van der Waals surface area contributed by atoms with Gasteiger partial charge in [-0.25, -0.2) is 0 Å². The van der Waals surface area contributed by atoms with Crippen molar-refractivity contribution in [3.05, 3.63) is 115 Å². The highest BCUT2D eigenvalue weighted by Gasteiger charge is 2.57. The van der Waals surface area contributed by atoms with Gasteiger partial charge in [-0.15, -0.1) is 0 Å². The van der Waals surface area contributed by atoms with Crippen molar-refractivity contribution in [2.24, 2.45) is 5.41 Å². The van der Waals surface area contributed by atoms with Gasteiger partial charge in [0.1, 0.15) is 23.0 Å².